The van der Waals surface area contributed by atoms with Crippen LogP contribution in [0.5, 0.6) is 5.88 Å². The second-order valence-electron chi connectivity index (χ2n) is 8.72. The van der Waals surface area contributed by atoms with Crippen molar-refractivity contribution in [3.63, 3.8) is 0 Å². The summed E-state index contributed by atoms with van der Waals surface area (Å²) in [5.74, 6) is 5.46. The first-order valence-electron chi connectivity index (χ1n) is 11.3. The molecule has 1 aliphatic rings. The molecular formula is C26H32FN3O4. The summed E-state index contributed by atoms with van der Waals surface area (Å²) >= 11 is 0. The molecule has 3 atom stereocenters. The molecule has 34 heavy (non-hydrogen) atoms. The van der Waals surface area contributed by atoms with Crippen molar-refractivity contribution in [1.82, 2.24) is 14.8 Å². The average Bonchev–Trinajstić information content (AvgIpc) is 2.82. The molecule has 0 bridgehead atoms. The van der Waals surface area contributed by atoms with Crippen LogP contribution in [0.2, 0.25) is 0 Å². The van der Waals surface area contributed by atoms with Gasteiger partial charge in [-0.1, -0.05) is 37.0 Å². The third kappa shape index (κ3) is 6.32. The molecule has 0 saturated carbocycles. The molecule has 2 heterocycles. The minimum absolute atomic E-state index is 0.0582. The van der Waals surface area contributed by atoms with Crippen LogP contribution in [0.3, 0.4) is 0 Å². The van der Waals surface area contributed by atoms with E-state index in [0.29, 0.717) is 36.3 Å². The van der Waals surface area contributed by atoms with Crippen LogP contribution in [-0.4, -0.2) is 78.4 Å². The maximum atomic E-state index is 14.1. The standard InChI is InChI=1S/C26H32FN3O4/c1-18-14-30(19(2)17-31)26(32)22-12-20(8-7-11-33-4)13-28-25(22)34-24(18)16-29(3)15-21-9-5-6-10-23(21)27/h5-6,9-10,12-13,18-19,24,31H,11,14-17H2,1-4H3/t18-,19-,24-/m0/s1. The van der Waals surface area contributed by atoms with Crippen molar-refractivity contribution in [3.05, 3.63) is 59.0 Å². The molecule has 0 saturated heterocycles. The molecule has 2 aromatic rings. The highest BCUT2D eigenvalue weighted by atomic mass is 19.1. The number of fused-ring (bicyclic) bond motifs is 1. The molecule has 0 spiro atoms. The number of halogens is 1. The van der Waals surface area contributed by atoms with Gasteiger partial charge in [0.25, 0.3) is 5.91 Å². The number of methoxy groups -OCH3 is 1. The highest BCUT2D eigenvalue weighted by Crippen LogP contribution is 2.27. The van der Waals surface area contributed by atoms with Gasteiger partial charge in [0.1, 0.15) is 24.1 Å². The first kappa shape index (κ1) is 25.6. The van der Waals surface area contributed by atoms with Gasteiger partial charge in [-0.15, -0.1) is 0 Å². The number of aliphatic hydroxyl groups is 1. The predicted octanol–water partition coefficient (Wildman–Crippen LogP) is 2.57. The Morgan fingerprint density at radius 1 is 1.41 bits per heavy atom. The summed E-state index contributed by atoms with van der Waals surface area (Å²) in [7, 11) is 3.47. The van der Waals surface area contributed by atoms with Gasteiger partial charge >= 0.3 is 0 Å². The number of rotatable bonds is 7. The van der Waals surface area contributed by atoms with E-state index in [9.17, 15) is 14.3 Å². The van der Waals surface area contributed by atoms with E-state index in [2.05, 4.69) is 16.8 Å². The Balaban J connectivity index is 1.90. The number of pyridine rings is 1. The van der Waals surface area contributed by atoms with Crippen LogP contribution in [0, 0.1) is 23.6 Å². The lowest BCUT2D eigenvalue weighted by Crippen LogP contribution is -2.49. The Labute approximate surface area is 200 Å². The van der Waals surface area contributed by atoms with E-state index >= 15 is 0 Å². The summed E-state index contributed by atoms with van der Waals surface area (Å²) in [6.45, 7) is 5.24. The van der Waals surface area contributed by atoms with Crippen molar-refractivity contribution in [3.8, 4) is 17.7 Å². The van der Waals surface area contributed by atoms with Crippen LogP contribution >= 0.6 is 0 Å². The van der Waals surface area contributed by atoms with Gasteiger partial charge in [0, 0.05) is 50.0 Å². The Morgan fingerprint density at radius 3 is 2.88 bits per heavy atom. The van der Waals surface area contributed by atoms with Gasteiger partial charge in [-0.3, -0.25) is 9.69 Å². The third-order valence-electron chi connectivity index (χ3n) is 5.86. The Kier molecular flexibility index (Phi) is 8.99. The van der Waals surface area contributed by atoms with Gasteiger partial charge in [-0.2, -0.15) is 0 Å². The SMILES string of the molecule is COCC#Cc1cnc2c(c1)C(=O)N([C@@H](C)CO)C[C@H](C)[C@H](CN(C)Cc1ccccc1F)O2. The predicted molar refractivity (Wildman–Crippen MR) is 127 cm³/mol. The maximum Gasteiger partial charge on any atom is 0.259 e. The maximum absolute atomic E-state index is 14.1. The Bertz CT molecular complexity index is 1050. The Hall–Kier alpha value is -2.99. The minimum Gasteiger partial charge on any atom is -0.472 e. The highest BCUT2D eigenvalue weighted by Gasteiger charge is 2.34. The quantitative estimate of drug-likeness (QED) is 0.629. The van der Waals surface area contributed by atoms with E-state index < -0.39 is 0 Å². The van der Waals surface area contributed by atoms with Gasteiger partial charge in [0.15, 0.2) is 0 Å². The lowest BCUT2D eigenvalue weighted by Gasteiger charge is -2.37. The van der Waals surface area contributed by atoms with Gasteiger partial charge in [-0.25, -0.2) is 9.37 Å². The van der Waals surface area contributed by atoms with Crippen LogP contribution in [0.1, 0.15) is 35.3 Å². The molecule has 1 N–H and O–H groups in total. The van der Waals surface area contributed by atoms with Crippen LogP contribution in [-0.2, 0) is 11.3 Å². The summed E-state index contributed by atoms with van der Waals surface area (Å²) in [5.41, 5.74) is 1.48. The lowest BCUT2D eigenvalue weighted by atomic mass is 9.99. The number of aliphatic hydroxyl groups excluding tert-OH is 1. The van der Waals surface area contributed by atoms with Crippen LogP contribution in [0.15, 0.2) is 36.5 Å². The molecule has 182 valence electrons. The second-order valence-corrected chi connectivity index (χ2v) is 8.72. The number of hydrogen-bond acceptors (Lipinski definition) is 6. The zero-order valence-corrected chi connectivity index (χ0v) is 20.1. The molecule has 1 aromatic carbocycles. The minimum atomic E-state index is -0.374. The fourth-order valence-corrected chi connectivity index (χ4v) is 3.89. The number of carbonyl (C=O) groups excluding carboxylic acids is 1. The van der Waals surface area contributed by atoms with E-state index in [0.717, 1.165) is 0 Å². The molecular weight excluding hydrogens is 437 g/mol. The average molecular weight is 470 g/mol. The normalized spacial score (nSPS) is 18.9. The topological polar surface area (TPSA) is 75.1 Å². The van der Waals surface area contributed by atoms with Crippen LogP contribution in [0.25, 0.3) is 0 Å². The molecule has 1 aromatic heterocycles. The van der Waals surface area contributed by atoms with Gasteiger partial charge in [0.2, 0.25) is 5.88 Å². The molecule has 0 radical (unpaired) electrons. The molecule has 3 rings (SSSR count). The molecule has 1 amide bonds. The number of amides is 1. The molecule has 1 aliphatic heterocycles. The third-order valence-corrected chi connectivity index (χ3v) is 5.86. The number of nitrogens with zero attached hydrogens (tertiary/aromatic N) is 3. The van der Waals surface area contributed by atoms with Crippen molar-refractivity contribution < 1.29 is 23.8 Å². The van der Waals surface area contributed by atoms with Crippen molar-refractivity contribution in [2.75, 3.05) is 40.5 Å². The first-order chi connectivity index (χ1) is 16.3. The summed E-state index contributed by atoms with van der Waals surface area (Å²) in [6, 6.07) is 7.99. The molecule has 0 unspecified atom stereocenters. The number of aromatic nitrogens is 1. The fraction of sp³-hybridized carbons (Fsp3) is 0.462. The first-order valence-corrected chi connectivity index (χ1v) is 11.3. The van der Waals surface area contributed by atoms with Crippen LogP contribution in [0.4, 0.5) is 4.39 Å². The number of carbonyl (C=O) groups is 1. The zero-order valence-electron chi connectivity index (χ0n) is 20.1. The molecule has 0 fully saturated rings. The molecule has 8 heteroatoms. The lowest BCUT2D eigenvalue weighted by molar-refractivity contribution is 0.0324. The summed E-state index contributed by atoms with van der Waals surface area (Å²) in [4.78, 5) is 21.5. The van der Waals surface area contributed by atoms with Crippen molar-refractivity contribution in [1.29, 1.82) is 0 Å². The molecule has 0 aliphatic carbocycles. The van der Waals surface area contributed by atoms with Crippen molar-refractivity contribution in [2.45, 2.75) is 32.5 Å². The highest BCUT2D eigenvalue weighted by molar-refractivity contribution is 5.97. The van der Waals surface area contributed by atoms with E-state index in [1.54, 1.807) is 36.4 Å². The number of ether oxygens (including phenoxy) is 2. The van der Waals surface area contributed by atoms with Gasteiger partial charge < -0.3 is 19.5 Å². The van der Waals surface area contributed by atoms with Crippen LogP contribution < -0.4 is 4.74 Å². The number of hydrogen-bond donors (Lipinski definition) is 1. The summed E-state index contributed by atoms with van der Waals surface area (Å²) < 4.78 is 25.4. The van der Waals surface area contributed by atoms with Crippen molar-refractivity contribution >= 4 is 5.91 Å². The summed E-state index contributed by atoms with van der Waals surface area (Å²) in [5, 5.41) is 9.78. The molecule has 7 nitrogen and oxygen atoms in total. The monoisotopic (exact) mass is 469 g/mol. The van der Waals surface area contributed by atoms with Gasteiger partial charge in [-0.05, 0) is 26.1 Å². The largest absolute Gasteiger partial charge is 0.472 e. The van der Waals surface area contributed by atoms with E-state index in [1.807, 2.05) is 31.9 Å². The number of benzene rings is 1. The fourth-order valence-electron chi connectivity index (χ4n) is 3.89. The second kappa shape index (κ2) is 11.9. The smallest absolute Gasteiger partial charge is 0.259 e. The van der Waals surface area contributed by atoms with E-state index in [4.69, 9.17) is 9.47 Å². The van der Waals surface area contributed by atoms with E-state index in [1.165, 1.54) is 6.07 Å². The zero-order chi connectivity index (χ0) is 24.7. The Morgan fingerprint density at radius 2 is 2.18 bits per heavy atom. The van der Waals surface area contributed by atoms with Crippen molar-refractivity contribution in [2.24, 2.45) is 5.92 Å². The van der Waals surface area contributed by atoms with E-state index in [-0.39, 0.29) is 48.9 Å². The van der Waals surface area contributed by atoms with Gasteiger partial charge in [0.05, 0.1) is 12.6 Å². The number of likely N-dealkylation sites (N-methyl/N-ethyl adjacent to an activating group) is 1. The summed E-state index contributed by atoms with van der Waals surface area (Å²) in [6.07, 6.45) is 1.26.